The average molecular weight is 439 g/mol. The van der Waals surface area contributed by atoms with E-state index in [1.54, 1.807) is 12.1 Å². The molecule has 166 valence electrons. The number of rotatable bonds is 3. The molecule has 0 spiro atoms. The van der Waals surface area contributed by atoms with Gasteiger partial charge in [-0.3, -0.25) is 9.78 Å². The van der Waals surface area contributed by atoms with Crippen LogP contribution in [0.3, 0.4) is 0 Å². The number of benzene rings is 1. The van der Waals surface area contributed by atoms with Crippen molar-refractivity contribution < 1.29 is 22.8 Å². The van der Waals surface area contributed by atoms with Gasteiger partial charge in [0.05, 0.1) is 11.4 Å². The van der Waals surface area contributed by atoms with Crippen molar-refractivity contribution in [1.29, 1.82) is 0 Å². The van der Waals surface area contributed by atoms with Gasteiger partial charge in [0, 0.05) is 12.6 Å². The van der Waals surface area contributed by atoms with Crippen LogP contribution in [0.15, 0.2) is 21.7 Å². The lowest BCUT2D eigenvalue weighted by molar-refractivity contribution is -0.200. The summed E-state index contributed by atoms with van der Waals surface area (Å²) in [5, 5.41) is 6.16. The number of aryl methyl sites for hydroxylation is 2. The van der Waals surface area contributed by atoms with Gasteiger partial charge in [0.25, 0.3) is 5.56 Å². The molecule has 2 aliphatic rings. The van der Waals surface area contributed by atoms with E-state index in [1.165, 1.54) is 4.90 Å². The summed E-state index contributed by atoms with van der Waals surface area (Å²) in [6.45, 7) is 4.77. The summed E-state index contributed by atoms with van der Waals surface area (Å²) in [6.07, 6.45) is -3.61. The Morgan fingerprint density at radius 2 is 1.94 bits per heavy atom. The molecule has 1 atom stereocenters. The van der Waals surface area contributed by atoms with Crippen molar-refractivity contribution in [3.63, 3.8) is 0 Å². The first-order valence-electron chi connectivity index (χ1n) is 9.64. The molecule has 0 bridgehead atoms. The van der Waals surface area contributed by atoms with Crippen LogP contribution in [0.1, 0.15) is 24.0 Å². The molecule has 4 rings (SSSR count). The Morgan fingerprint density at radius 1 is 1.23 bits per heavy atom. The molecule has 31 heavy (non-hydrogen) atoms. The van der Waals surface area contributed by atoms with Crippen molar-refractivity contribution in [1.82, 2.24) is 15.0 Å². The Kier molecular flexibility index (Phi) is 5.04. The summed E-state index contributed by atoms with van der Waals surface area (Å²) in [7, 11) is 0. The van der Waals surface area contributed by atoms with Gasteiger partial charge in [-0.1, -0.05) is 4.73 Å². The van der Waals surface area contributed by atoms with Crippen LogP contribution in [0.25, 0.3) is 0 Å². The van der Waals surface area contributed by atoms with Gasteiger partial charge < -0.3 is 20.4 Å². The number of aromatic amines is 1. The molecule has 3 heterocycles. The van der Waals surface area contributed by atoms with Gasteiger partial charge in [0.1, 0.15) is 0 Å². The van der Waals surface area contributed by atoms with Gasteiger partial charge in [-0.2, -0.15) is 13.2 Å². The lowest BCUT2D eigenvalue weighted by atomic mass is 10.0. The zero-order valence-corrected chi connectivity index (χ0v) is 16.7. The topological polar surface area (TPSA) is 108 Å². The second-order valence-corrected chi connectivity index (χ2v) is 7.61. The molecule has 0 aliphatic carbocycles. The Hall–Kier alpha value is -3.28. The van der Waals surface area contributed by atoms with Crippen LogP contribution >= 0.6 is 0 Å². The van der Waals surface area contributed by atoms with Gasteiger partial charge in [0.15, 0.2) is 11.5 Å². The highest BCUT2D eigenvalue weighted by Gasteiger charge is 2.43. The molecule has 1 aromatic carbocycles. The molecule has 3 N–H and O–H groups in total. The normalized spacial score (nSPS) is 17.7. The van der Waals surface area contributed by atoms with Gasteiger partial charge in [-0.15, -0.1) is 0 Å². The first-order chi connectivity index (χ1) is 14.6. The summed E-state index contributed by atoms with van der Waals surface area (Å²) in [5.74, 6) is -2.84. The van der Waals surface area contributed by atoms with Crippen molar-refractivity contribution in [3.8, 4) is 0 Å². The second kappa shape index (κ2) is 7.45. The van der Waals surface area contributed by atoms with E-state index in [-0.39, 0.29) is 28.8 Å². The van der Waals surface area contributed by atoms with Crippen LogP contribution in [0, 0.1) is 13.8 Å². The lowest BCUT2D eigenvalue weighted by Crippen LogP contribution is -2.47. The maximum absolute atomic E-state index is 12.8. The van der Waals surface area contributed by atoms with Gasteiger partial charge in [-0.05, 0) is 56.5 Å². The van der Waals surface area contributed by atoms with Crippen molar-refractivity contribution in [2.75, 3.05) is 23.3 Å². The van der Waals surface area contributed by atoms with E-state index in [0.717, 1.165) is 30.5 Å². The number of alkyl halides is 3. The molecule has 0 saturated carbocycles. The van der Waals surface area contributed by atoms with E-state index >= 15 is 0 Å². The Morgan fingerprint density at radius 3 is 2.58 bits per heavy atom. The Bertz CT molecular complexity index is 1160. The average Bonchev–Trinajstić information content (AvgIpc) is 3.19. The third kappa shape index (κ3) is 3.78. The fourth-order valence-corrected chi connectivity index (χ4v) is 3.78. The second-order valence-electron chi connectivity index (χ2n) is 7.61. The van der Waals surface area contributed by atoms with Crippen LogP contribution in [0.5, 0.6) is 0 Å². The van der Waals surface area contributed by atoms with Gasteiger partial charge >= 0.3 is 17.8 Å². The minimum atomic E-state index is -5.33. The van der Waals surface area contributed by atoms with Crippen LogP contribution in [0.2, 0.25) is 0 Å². The smallest absolute Gasteiger partial charge is 0.346 e. The van der Waals surface area contributed by atoms with Crippen LogP contribution in [-0.4, -0.2) is 41.0 Å². The molecule has 9 nitrogen and oxygen atoms in total. The van der Waals surface area contributed by atoms with Crippen LogP contribution < -0.4 is 31.6 Å². The minimum Gasteiger partial charge on any atom is -0.346 e. The number of hydrogen-bond acceptors (Lipinski definition) is 7. The van der Waals surface area contributed by atoms with E-state index in [2.05, 4.69) is 15.5 Å². The molecule has 1 saturated heterocycles. The SMILES string of the molecule is Cc1cc2c(cc1C)N(CC1CCCN1)c1c(c(=O)[nH]c(=O)n1OC(=O)C(F)(F)F)N2. The fraction of sp³-hybridized carbons (Fsp3) is 0.421. The summed E-state index contributed by atoms with van der Waals surface area (Å²) >= 11 is 0. The molecule has 1 fully saturated rings. The molecule has 1 unspecified atom stereocenters. The number of fused-ring (bicyclic) bond motifs is 2. The van der Waals surface area contributed by atoms with Crippen LogP contribution in [-0.2, 0) is 4.79 Å². The van der Waals surface area contributed by atoms with Crippen molar-refractivity contribution in [2.24, 2.45) is 0 Å². The van der Waals surface area contributed by atoms with Gasteiger partial charge in [0.2, 0.25) is 0 Å². The van der Waals surface area contributed by atoms with E-state index in [9.17, 15) is 27.6 Å². The highest BCUT2D eigenvalue weighted by atomic mass is 19.4. The summed E-state index contributed by atoms with van der Waals surface area (Å²) in [5.41, 5.74) is 0.606. The van der Waals surface area contributed by atoms with Gasteiger partial charge in [-0.25, -0.2) is 9.59 Å². The number of nitrogens with zero attached hydrogens (tertiary/aromatic N) is 2. The number of carbonyl (C=O) groups is 1. The Balaban J connectivity index is 1.92. The highest BCUT2D eigenvalue weighted by molar-refractivity contribution is 5.90. The zero-order chi connectivity index (χ0) is 22.5. The predicted molar refractivity (Wildman–Crippen MR) is 106 cm³/mol. The molecular formula is C19H20F3N5O4. The van der Waals surface area contributed by atoms with Crippen molar-refractivity contribution in [3.05, 3.63) is 44.1 Å². The number of halogens is 3. The van der Waals surface area contributed by atoms with Crippen LogP contribution in [0.4, 0.5) is 36.1 Å². The fourth-order valence-electron chi connectivity index (χ4n) is 3.78. The van der Waals surface area contributed by atoms with E-state index in [1.807, 2.05) is 18.8 Å². The lowest BCUT2D eigenvalue weighted by Gasteiger charge is -2.36. The molecule has 2 aliphatic heterocycles. The third-order valence-corrected chi connectivity index (χ3v) is 5.44. The molecule has 2 aromatic rings. The predicted octanol–water partition coefficient (Wildman–Crippen LogP) is 1.62. The van der Waals surface area contributed by atoms with Crippen molar-refractivity contribution >= 4 is 28.8 Å². The molecule has 12 heteroatoms. The highest BCUT2D eigenvalue weighted by Crippen LogP contribution is 2.42. The number of hydrogen-bond donors (Lipinski definition) is 3. The summed E-state index contributed by atoms with van der Waals surface area (Å²) in [4.78, 5) is 44.2. The summed E-state index contributed by atoms with van der Waals surface area (Å²) < 4.78 is 38.7. The first-order valence-corrected chi connectivity index (χ1v) is 9.64. The molecular weight excluding hydrogens is 419 g/mol. The standard InChI is InChI=1S/C19H20F3N5O4/c1-9-6-12-13(7-10(9)2)26(8-11-4-3-5-23-11)16-14(24-12)15(28)25-18(30)27(16)31-17(29)19(20,21)22/h6-7,11,23-24H,3-5,8H2,1-2H3,(H,25,28,30). The van der Waals surface area contributed by atoms with Crippen molar-refractivity contribution in [2.45, 2.75) is 38.9 Å². The molecule has 1 aromatic heterocycles. The van der Waals surface area contributed by atoms with E-state index < -0.39 is 23.4 Å². The minimum absolute atomic E-state index is 0.0402. The maximum atomic E-state index is 12.8. The number of nitrogens with one attached hydrogen (secondary N) is 3. The maximum Gasteiger partial charge on any atom is 0.493 e. The number of aromatic nitrogens is 2. The molecule has 0 radical (unpaired) electrons. The Labute approximate surface area is 173 Å². The number of anilines is 4. The zero-order valence-electron chi connectivity index (χ0n) is 16.7. The van der Waals surface area contributed by atoms with E-state index in [0.29, 0.717) is 11.4 Å². The summed E-state index contributed by atoms with van der Waals surface area (Å²) in [6, 6.07) is 3.57. The first kappa shape index (κ1) is 21.0. The largest absolute Gasteiger partial charge is 0.493 e. The number of carbonyl (C=O) groups excluding carboxylic acids is 1. The van der Waals surface area contributed by atoms with E-state index in [4.69, 9.17) is 0 Å². The monoisotopic (exact) mass is 439 g/mol. The third-order valence-electron chi connectivity index (χ3n) is 5.44. The number of H-pyrrole nitrogens is 1. The molecule has 0 amide bonds. The quantitative estimate of drug-likeness (QED) is 0.667.